The Labute approximate surface area is 250 Å². The van der Waals surface area contributed by atoms with Crippen molar-refractivity contribution in [3.63, 3.8) is 0 Å². The Bertz CT molecular complexity index is 1290. The van der Waals surface area contributed by atoms with Gasteiger partial charge in [-0.3, -0.25) is 13.9 Å². The van der Waals surface area contributed by atoms with Gasteiger partial charge in [0.15, 0.2) is 0 Å². The topological polar surface area (TPSA) is 86.8 Å². The summed E-state index contributed by atoms with van der Waals surface area (Å²) in [6.07, 6.45) is 6.38. The second kappa shape index (κ2) is 14.3. The summed E-state index contributed by atoms with van der Waals surface area (Å²) < 4.78 is 26.2. The van der Waals surface area contributed by atoms with Gasteiger partial charge in [-0.25, -0.2) is 8.42 Å². The van der Waals surface area contributed by atoms with E-state index in [0.29, 0.717) is 20.6 Å². The lowest BCUT2D eigenvalue weighted by Crippen LogP contribution is -2.50. The van der Waals surface area contributed by atoms with E-state index in [-0.39, 0.29) is 54.5 Å². The van der Waals surface area contributed by atoms with E-state index >= 15 is 0 Å². The Morgan fingerprint density at radius 3 is 2.26 bits per heavy atom. The molecule has 1 atom stereocenters. The number of nitrogens with one attached hydrogen (secondary N) is 1. The quantitative estimate of drug-likeness (QED) is 0.297. The smallest absolute Gasteiger partial charge is 0.242 e. The molecular formula is C27H33Cl4N3O4S. The SMILES string of the molecule is C[C@@H](C(=O)NC1CCCCC1)N(Cc1ccc(Cl)cc1Cl)C(=O)CCCN(c1cc(Cl)ccc1Cl)S(C)(=O)=O. The van der Waals surface area contributed by atoms with Crippen LogP contribution < -0.4 is 9.62 Å². The average molecular weight is 637 g/mol. The van der Waals surface area contributed by atoms with Gasteiger partial charge in [-0.15, -0.1) is 0 Å². The lowest BCUT2D eigenvalue weighted by atomic mass is 9.95. The van der Waals surface area contributed by atoms with Gasteiger partial charge in [-0.1, -0.05) is 71.7 Å². The Hall–Kier alpha value is -1.71. The van der Waals surface area contributed by atoms with Crippen molar-refractivity contribution in [2.75, 3.05) is 17.1 Å². The van der Waals surface area contributed by atoms with Gasteiger partial charge in [0.25, 0.3) is 0 Å². The molecule has 0 heterocycles. The number of amides is 2. The number of halogens is 4. The van der Waals surface area contributed by atoms with Crippen LogP contribution >= 0.6 is 46.4 Å². The first kappa shape index (κ1) is 31.8. The summed E-state index contributed by atoms with van der Waals surface area (Å²) in [5.74, 6) is -0.540. The normalized spacial score (nSPS) is 15.0. The zero-order valence-corrected chi connectivity index (χ0v) is 25.8. The molecular weight excluding hydrogens is 604 g/mol. The van der Waals surface area contributed by atoms with Gasteiger partial charge in [0.2, 0.25) is 21.8 Å². The Morgan fingerprint density at radius 1 is 0.974 bits per heavy atom. The van der Waals surface area contributed by atoms with Gasteiger partial charge in [-0.2, -0.15) is 0 Å². The summed E-state index contributed by atoms with van der Waals surface area (Å²) >= 11 is 24.8. The summed E-state index contributed by atoms with van der Waals surface area (Å²) in [6, 6.07) is 8.88. The molecule has 0 bridgehead atoms. The van der Waals surface area contributed by atoms with Crippen molar-refractivity contribution in [2.45, 2.75) is 70.5 Å². The minimum atomic E-state index is -3.71. The van der Waals surface area contributed by atoms with Gasteiger partial charge < -0.3 is 10.2 Å². The number of hydrogen-bond acceptors (Lipinski definition) is 4. The van der Waals surface area contributed by atoms with E-state index in [4.69, 9.17) is 46.4 Å². The fraction of sp³-hybridized carbons (Fsp3) is 0.481. The molecule has 2 amide bonds. The van der Waals surface area contributed by atoms with E-state index in [9.17, 15) is 18.0 Å². The largest absolute Gasteiger partial charge is 0.352 e. The van der Waals surface area contributed by atoms with Crippen molar-refractivity contribution in [1.82, 2.24) is 10.2 Å². The van der Waals surface area contributed by atoms with Gasteiger partial charge in [0.1, 0.15) is 6.04 Å². The van der Waals surface area contributed by atoms with Gasteiger partial charge in [0.05, 0.1) is 17.0 Å². The summed E-state index contributed by atoms with van der Waals surface area (Å²) in [5, 5.41) is 4.50. The zero-order chi connectivity index (χ0) is 28.7. The van der Waals surface area contributed by atoms with Crippen molar-refractivity contribution in [3.05, 3.63) is 62.1 Å². The highest BCUT2D eigenvalue weighted by atomic mass is 35.5. The summed E-state index contributed by atoms with van der Waals surface area (Å²) in [4.78, 5) is 28.2. The number of carbonyl (C=O) groups is 2. The molecule has 39 heavy (non-hydrogen) atoms. The number of nitrogens with zero attached hydrogens (tertiary/aromatic N) is 2. The second-order valence-electron chi connectivity index (χ2n) is 9.81. The van der Waals surface area contributed by atoms with Crippen molar-refractivity contribution >= 4 is 73.9 Å². The number of benzene rings is 2. The minimum absolute atomic E-state index is 0.00281. The summed E-state index contributed by atoms with van der Waals surface area (Å²) in [5.41, 5.74) is 0.888. The maximum atomic E-state index is 13.5. The third-order valence-electron chi connectivity index (χ3n) is 6.80. The first-order valence-electron chi connectivity index (χ1n) is 12.8. The molecule has 1 aliphatic carbocycles. The van der Waals surface area contributed by atoms with E-state index < -0.39 is 16.1 Å². The van der Waals surface area contributed by atoms with Crippen LogP contribution in [-0.4, -0.2) is 50.0 Å². The summed E-state index contributed by atoms with van der Waals surface area (Å²) in [7, 11) is -3.71. The molecule has 2 aromatic rings. The fourth-order valence-corrected chi connectivity index (χ4v) is 6.52. The van der Waals surface area contributed by atoms with E-state index in [1.54, 1.807) is 31.2 Å². The third kappa shape index (κ3) is 9.15. The molecule has 2 aromatic carbocycles. The van der Waals surface area contributed by atoms with Crippen molar-refractivity contribution in [1.29, 1.82) is 0 Å². The van der Waals surface area contributed by atoms with Crippen LogP contribution in [0.4, 0.5) is 5.69 Å². The Balaban J connectivity index is 1.77. The molecule has 1 aliphatic rings. The standard InChI is InChI=1S/C27H33Cl4N3O4S/c1-18(27(36)32-22-7-4-3-5-8-22)33(17-19-10-11-20(28)15-24(19)31)26(35)9-6-14-34(39(2,37)38)25-16-21(29)12-13-23(25)30/h10-13,15-16,18,22H,3-9,14,17H2,1-2H3,(H,32,36)/t18-/m0/s1. The van der Waals surface area contributed by atoms with Crippen LogP contribution in [0, 0.1) is 0 Å². The average Bonchev–Trinajstić information content (AvgIpc) is 2.87. The highest BCUT2D eigenvalue weighted by molar-refractivity contribution is 7.92. The van der Waals surface area contributed by atoms with Crippen LogP contribution in [-0.2, 0) is 26.2 Å². The van der Waals surface area contributed by atoms with Crippen molar-refractivity contribution < 1.29 is 18.0 Å². The van der Waals surface area contributed by atoms with Crippen LogP contribution in [0.15, 0.2) is 36.4 Å². The molecule has 0 saturated heterocycles. The molecule has 1 N–H and O–H groups in total. The first-order chi connectivity index (χ1) is 18.4. The van der Waals surface area contributed by atoms with Gasteiger partial charge >= 0.3 is 0 Å². The van der Waals surface area contributed by atoms with Gasteiger partial charge in [-0.05, 0) is 62.1 Å². The predicted octanol–water partition coefficient (Wildman–Crippen LogP) is 6.71. The van der Waals surface area contributed by atoms with E-state index in [2.05, 4.69) is 5.32 Å². The molecule has 0 radical (unpaired) electrons. The molecule has 0 spiro atoms. The van der Waals surface area contributed by atoms with Crippen LogP contribution in [0.2, 0.25) is 20.1 Å². The highest BCUT2D eigenvalue weighted by Crippen LogP contribution is 2.31. The maximum Gasteiger partial charge on any atom is 0.242 e. The maximum absolute atomic E-state index is 13.5. The monoisotopic (exact) mass is 635 g/mol. The van der Waals surface area contributed by atoms with Crippen molar-refractivity contribution in [3.8, 4) is 0 Å². The fourth-order valence-electron chi connectivity index (χ4n) is 4.64. The molecule has 214 valence electrons. The molecule has 12 heteroatoms. The Morgan fingerprint density at radius 2 is 1.62 bits per heavy atom. The lowest BCUT2D eigenvalue weighted by Gasteiger charge is -2.32. The molecule has 0 aliphatic heterocycles. The number of carbonyl (C=O) groups excluding carboxylic acids is 2. The first-order valence-corrected chi connectivity index (χ1v) is 16.2. The van der Waals surface area contributed by atoms with Crippen LogP contribution in [0.25, 0.3) is 0 Å². The zero-order valence-electron chi connectivity index (χ0n) is 21.9. The van der Waals surface area contributed by atoms with Crippen molar-refractivity contribution in [2.24, 2.45) is 0 Å². The number of rotatable bonds is 11. The summed E-state index contributed by atoms with van der Waals surface area (Å²) in [6.45, 7) is 1.79. The van der Waals surface area contributed by atoms with E-state index in [1.165, 1.54) is 17.0 Å². The van der Waals surface area contributed by atoms with Crippen LogP contribution in [0.1, 0.15) is 57.4 Å². The molecule has 3 rings (SSSR count). The minimum Gasteiger partial charge on any atom is -0.352 e. The third-order valence-corrected chi connectivity index (χ3v) is 9.13. The van der Waals surface area contributed by atoms with Crippen LogP contribution in [0.5, 0.6) is 0 Å². The van der Waals surface area contributed by atoms with Crippen LogP contribution in [0.3, 0.4) is 0 Å². The number of sulfonamides is 1. The molecule has 1 fully saturated rings. The van der Waals surface area contributed by atoms with Gasteiger partial charge in [0, 0.05) is 40.6 Å². The van der Waals surface area contributed by atoms with E-state index in [1.807, 2.05) is 0 Å². The molecule has 1 saturated carbocycles. The second-order valence-corrected chi connectivity index (χ2v) is 13.4. The molecule has 7 nitrogen and oxygen atoms in total. The molecule has 0 aromatic heterocycles. The lowest BCUT2D eigenvalue weighted by molar-refractivity contribution is -0.141. The number of anilines is 1. The highest BCUT2D eigenvalue weighted by Gasteiger charge is 2.29. The Kier molecular flexibility index (Phi) is 11.6. The number of hydrogen-bond donors (Lipinski definition) is 1. The van der Waals surface area contributed by atoms with E-state index in [0.717, 1.165) is 42.7 Å². The molecule has 0 unspecified atom stereocenters. The predicted molar refractivity (Wildman–Crippen MR) is 159 cm³/mol.